The molecule has 0 aliphatic carbocycles. The van der Waals surface area contributed by atoms with E-state index in [1.165, 1.54) is 10.4 Å². The first kappa shape index (κ1) is 13.6. The second-order valence-electron chi connectivity index (χ2n) is 4.32. The lowest BCUT2D eigenvalue weighted by molar-refractivity contribution is 0.0956. The van der Waals surface area contributed by atoms with Crippen molar-refractivity contribution in [2.45, 2.75) is 20.4 Å². The number of aryl methyl sites for hydroxylation is 1. The van der Waals surface area contributed by atoms with E-state index in [0.29, 0.717) is 12.1 Å². The van der Waals surface area contributed by atoms with Gasteiger partial charge in [-0.3, -0.25) is 4.79 Å². The van der Waals surface area contributed by atoms with Crippen LogP contribution in [0.25, 0.3) is 0 Å². The summed E-state index contributed by atoms with van der Waals surface area (Å²) < 4.78 is 0. The second kappa shape index (κ2) is 6.38. The van der Waals surface area contributed by atoms with Gasteiger partial charge in [-0.2, -0.15) is 0 Å². The standard InChI is InChI=1S/C15H18N2OS/c1-3-16-15(18)12-4-6-13(7-5-12)17-10-14-11(2)8-9-19-14/h4-9,17H,3,10H2,1-2H3,(H,16,18). The first-order valence-corrected chi connectivity index (χ1v) is 7.23. The molecule has 0 saturated carbocycles. The van der Waals surface area contributed by atoms with Crippen molar-refractivity contribution in [3.63, 3.8) is 0 Å². The van der Waals surface area contributed by atoms with E-state index in [1.54, 1.807) is 11.3 Å². The van der Waals surface area contributed by atoms with Crippen LogP contribution in [0.3, 0.4) is 0 Å². The minimum atomic E-state index is -0.0249. The third kappa shape index (κ3) is 3.58. The molecule has 0 spiro atoms. The first-order valence-electron chi connectivity index (χ1n) is 6.36. The second-order valence-corrected chi connectivity index (χ2v) is 5.32. The zero-order chi connectivity index (χ0) is 13.7. The van der Waals surface area contributed by atoms with Crippen molar-refractivity contribution in [2.24, 2.45) is 0 Å². The summed E-state index contributed by atoms with van der Waals surface area (Å²) in [5.41, 5.74) is 3.04. The lowest BCUT2D eigenvalue weighted by Gasteiger charge is -2.07. The molecule has 100 valence electrons. The van der Waals surface area contributed by atoms with E-state index >= 15 is 0 Å². The van der Waals surface area contributed by atoms with E-state index in [0.717, 1.165) is 12.2 Å². The molecule has 0 unspecified atom stereocenters. The lowest BCUT2D eigenvalue weighted by atomic mass is 10.2. The van der Waals surface area contributed by atoms with Crippen LogP contribution in [0.5, 0.6) is 0 Å². The van der Waals surface area contributed by atoms with Crippen molar-refractivity contribution in [1.29, 1.82) is 0 Å². The van der Waals surface area contributed by atoms with Crippen LogP contribution in [0.4, 0.5) is 5.69 Å². The third-order valence-electron chi connectivity index (χ3n) is 2.91. The molecule has 3 nitrogen and oxygen atoms in total. The Morgan fingerprint density at radius 2 is 1.95 bits per heavy atom. The molecule has 1 aromatic heterocycles. The quantitative estimate of drug-likeness (QED) is 0.877. The molecule has 2 N–H and O–H groups in total. The minimum Gasteiger partial charge on any atom is -0.380 e. The summed E-state index contributed by atoms with van der Waals surface area (Å²) in [5.74, 6) is -0.0249. The maximum Gasteiger partial charge on any atom is 0.251 e. The molecular formula is C15H18N2OS. The number of amides is 1. The van der Waals surface area contributed by atoms with Crippen molar-refractivity contribution >= 4 is 22.9 Å². The van der Waals surface area contributed by atoms with Gasteiger partial charge in [-0.1, -0.05) is 0 Å². The van der Waals surface area contributed by atoms with E-state index in [1.807, 2.05) is 31.2 Å². The van der Waals surface area contributed by atoms with Crippen LogP contribution in [0.2, 0.25) is 0 Å². The Hall–Kier alpha value is -1.81. The van der Waals surface area contributed by atoms with Crippen molar-refractivity contribution in [1.82, 2.24) is 5.32 Å². The molecule has 19 heavy (non-hydrogen) atoms. The Morgan fingerprint density at radius 1 is 1.21 bits per heavy atom. The van der Waals surface area contributed by atoms with Gasteiger partial charge in [0.15, 0.2) is 0 Å². The van der Waals surface area contributed by atoms with Gasteiger partial charge in [0.25, 0.3) is 5.91 Å². The van der Waals surface area contributed by atoms with Crippen LogP contribution in [0.1, 0.15) is 27.7 Å². The molecule has 0 bridgehead atoms. The van der Waals surface area contributed by atoms with Crippen LogP contribution in [-0.2, 0) is 6.54 Å². The van der Waals surface area contributed by atoms with Crippen molar-refractivity contribution in [3.05, 3.63) is 51.7 Å². The molecular weight excluding hydrogens is 256 g/mol. The van der Waals surface area contributed by atoms with Gasteiger partial charge >= 0.3 is 0 Å². The average Bonchev–Trinajstić information content (AvgIpc) is 2.83. The highest BCUT2D eigenvalue weighted by molar-refractivity contribution is 7.10. The van der Waals surface area contributed by atoms with E-state index < -0.39 is 0 Å². The van der Waals surface area contributed by atoms with E-state index in [-0.39, 0.29) is 5.91 Å². The molecule has 0 atom stereocenters. The number of carbonyl (C=O) groups is 1. The van der Waals surface area contributed by atoms with E-state index in [9.17, 15) is 4.79 Å². The van der Waals surface area contributed by atoms with Gasteiger partial charge in [0.1, 0.15) is 0 Å². The molecule has 0 aliphatic heterocycles. The summed E-state index contributed by atoms with van der Waals surface area (Å²) in [7, 11) is 0. The molecule has 1 amide bonds. The van der Waals surface area contributed by atoms with Gasteiger partial charge in [-0.05, 0) is 55.1 Å². The number of thiophene rings is 1. The molecule has 2 aromatic rings. The molecule has 1 heterocycles. The Bertz CT molecular complexity index is 546. The predicted octanol–water partition coefficient (Wildman–Crippen LogP) is 3.42. The monoisotopic (exact) mass is 274 g/mol. The average molecular weight is 274 g/mol. The van der Waals surface area contributed by atoms with Crippen LogP contribution >= 0.6 is 11.3 Å². The SMILES string of the molecule is CCNC(=O)c1ccc(NCc2sccc2C)cc1. The summed E-state index contributed by atoms with van der Waals surface area (Å²) in [6, 6.07) is 9.68. The van der Waals surface area contributed by atoms with Crippen molar-refractivity contribution in [2.75, 3.05) is 11.9 Å². The van der Waals surface area contributed by atoms with Crippen LogP contribution < -0.4 is 10.6 Å². The van der Waals surface area contributed by atoms with Gasteiger partial charge in [0.2, 0.25) is 0 Å². The molecule has 0 aliphatic rings. The molecule has 0 radical (unpaired) electrons. The molecule has 0 saturated heterocycles. The highest BCUT2D eigenvalue weighted by atomic mass is 32.1. The molecule has 1 aromatic carbocycles. The van der Waals surface area contributed by atoms with Gasteiger partial charge < -0.3 is 10.6 Å². The highest BCUT2D eigenvalue weighted by Crippen LogP contribution is 2.18. The molecule has 4 heteroatoms. The fourth-order valence-electron chi connectivity index (χ4n) is 1.77. The largest absolute Gasteiger partial charge is 0.380 e. The number of nitrogens with one attached hydrogen (secondary N) is 2. The maximum absolute atomic E-state index is 11.6. The summed E-state index contributed by atoms with van der Waals surface area (Å²) in [4.78, 5) is 13.0. The number of benzene rings is 1. The van der Waals surface area contributed by atoms with Crippen LogP contribution in [0.15, 0.2) is 35.7 Å². The summed E-state index contributed by atoms with van der Waals surface area (Å²) in [6.07, 6.45) is 0. The topological polar surface area (TPSA) is 41.1 Å². The Morgan fingerprint density at radius 3 is 2.53 bits per heavy atom. The summed E-state index contributed by atoms with van der Waals surface area (Å²) in [6.45, 7) is 5.50. The van der Waals surface area contributed by atoms with Crippen LogP contribution in [0, 0.1) is 6.92 Å². The smallest absolute Gasteiger partial charge is 0.251 e. The molecule has 2 rings (SSSR count). The predicted molar refractivity (Wildman–Crippen MR) is 80.8 cm³/mol. The number of rotatable bonds is 5. The minimum absolute atomic E-state index is 0.0249. The Kier molecular flexibility index (Phi) is 4.58. The van der Waals surface area contributed by atoms with Gasteiger partial charge in [-0.25, -0.2) is 0 Å². The zero-order valence-electron chi connectivity index (χ0n) is 11.2. The normalized spacial score (nSPS) is 10.2. The lowest BCUT2D eigenvalue weighted by Crippen LogP contribution is -2.22. The summed E-state index contributed by atoms with van der Waals surface area (Å²) >= 11 is 1.76. The third-order valence-corrected chi connectivity index (χ3v) is 3.93. The first-order chi connectivity index (χ1) is 9.20. The van der Waals surface area contributed by atoms with Crippen molar-refractivity contribution < 1.29 is 4.79 Å². The van der Waals surface area contributed by atoms with Crippen LogP contribution in [-0.4, -0.2) is 12.5 Å². The number of carbonyl (C=O) groups excluding carboxylic acids is 1. The number of hydrogen-bond donors (Lipinski definition) is 2. The van der Waals surface area contributed by atoms with Gasteiger partial charge in [-0.15, -0.1) is 11.3 Å². The van der Waals surface area contributed by atoms with E-state index in [2.05, 4.69) is 29.0 Å². The molecule has 0 fully saturated rings. The van der Waals surface area contributed by atoms with Crippen molar-refractivity contribution in [3.8, 4) is 0 Å². The highest BCUT2D eigenvalue weighted by Gasteiger charge is 2.04. The number of anilines is 1. The Labute approximate surface area is 117 Å². The van der Waals surface area contributed by atoms with Gasteiger partial charge in [0.05, 0.1) is 0 Å². The fourth-order valence-corrected chi connectivity index (χ4v) is 2.62. The Balaban J connectivity index is 1.95. The zero-order valence-corrected chi connectivity index (χ0v) is 12.0. The maximum atomic E-state index is 11.6. The number of hydrogen-bond acceptors (Lipinski definition) is 3. The van der Waals surface area contributed by atoms with E-state index in [4.69, 9.17) is 0 Å². The fraction of sp³-hybridized carbons (Fsp3) is 0.267. The van der Waals surface area contributed by atoms with Gasteiger partial charge in [0, 0.05) is 29.2 Å². The summed E-state index contributed by atoms with van der Waals surface area (Å²) in [5, 5.41) is 8.25.